The molecule has 0 aromatic rings. The summed E-state index contributed by atoms with van der Waals surface area (Å²) in [6.07, 6.45) is 9.91. The van der Waals surface area contributed by atoms with Gasteiger partial charge in [-0.15, -0.1) is 0 Å². The lowest BCUT2D eigenvalue weighted by Crippen LogP contribution is -1.96. The van der Waals surface area contributed by atoms with Crippen molar-refractivity contribution < 1.29 is 4.57 Å². The second-order valence-corrected chi connectivity index (χ2v) is 6.15. The second kappa shape index (κ2) is 5.80. The van der Waals surface area contributed by atoms with E-state index in [1.54, 1.807) is 0 Å². The van der Waals surface area contributed by atoms with Crippen LogP contribution in [-0.4, -0.2) is 11.8 Å². The third-order valence-electron chi connectivity index (χ3n) is 2.84. The molecule has 1 unspecified atom stereocenters. The first-order chi connectivity index (χ1) is 5.84. The predicted octanol–water partition coefficient (Wildman–Crippen LogP) is 3.68. The van der Waals surface area contributed by atoms with Gasteiger partial charge in [-0.1, -0.05) is 32.6 Å². The molecule has 0 heterocycles. The van der Waals surface area contributed by atoms with Crippen LogP contribution >= 0.6 is 7.80 Å². The van der Waals surface area contributed by atoms with Crippen molar-refractivity contribution in [3.05, 3.63) is 0 Å². The average Bonchev–Trinajstić information content (AvgIpc) is 2.56. The van der Waals surface area contributed by atoms with Gasteiger partial charge in [-0.05, 0) is 25.4 Å². The zero-order valence-electron chi connectivity index (χ0n) is 8.14. The van der Waals surface area contributed by atoms with Crippen LogP contribution in [0.25, 0.3) is 0 Å². The maximum Gasteiger partial charge on any atom is 0.0791 e. The van der Waals surface area contributed by atoms with E-state index in [0.717, 1.165) is 6.16 Å². The third-order valence-corrected chi connectivity index (χ3v) is 5.17. The minimum atomic E-state index is -1.19. The minimum absolute atomic E-state index is 0.631. The van der Waals surface area contributed by atoms with Crippen LogP contribution in [0.4, 0.5) is 0 Å². The van der Waals surface area contributed by atoms with Crippen LogP contribution in [-0.2, 0) is 4.57 Å². The molecular weight excluding hydrogens is 167 g/mol. The molecule has 1 aliphatic carbocycles. The highest BCUT2D eigenvalue weighted by atomic mass is 31.1. The Hall–Kier alpha value is 0.230. The molecule has 0 spiro atoms. The Balaban J connectivity index is 2.10. The van der Waals surface area contributed by atoms with Crippen molar-refractivity contribution in [1.29, 1.82) is 0 Å². The Morgan fingerprint density at radius 1 is 1.25 bits per heavy atom. The smallest absolute Gasteiger partial charge is 0.0791 e. The molecule has 0 radical (unpaired) electrons. The molecule has 0 saturated heterocycles. The van der Waals surface area contributed by atoms with Crippen molar-refractivity contribution in [2.24, 2.45) is 0 Å². The van der Waals surface area contributed by atoms with Crippen LogP contribution in [0.2, 0.25) is 0 Å². The summed E-state index contributed by atoms with van der Waals surface area (Å²) in [5, 5.41) is 0. The Morgan fingerprint density at radius 2 is 1.92 bits per heavy atom. The van der Waals surface area contributed by atoms with Crippen molar-refractivity contribution in [3.8, 4) is 0 Å². The first-order valence-electron chi connectivity index (χ1n) is 5.37. The lowest BCUT2D eigenvalue weighted by Gasteiger charge is -2.07. The molecule has 1 nitrogen and oxygen atoms in total. The molecule has 0 aliphatic heterocycles. The second-order valence-electron chi connectivity index (χ2n) is 3.90. The maximum absolute atomic E-state index is 11.7. The Labute approximate surface area is 76.7 Å². The summed E-state index contributed by atoms with van der Waals surface area (Å²) in [6.45, 7) is 2.20. The molecule has 0 aromatic heterocycles. The van der Waals surface area contributed by atoms with Crippen molar-refractivity contribution in [1.82, 2.24) is 0 Å². The first-order valence-corrected chi connectivity index (χ1v) is 7.06. The fraction of sp³-hybridized carbons (Fsp3) is 1.00. The molecule has 2 heteroatoms. The molecule has 1 rings (SSSR count). The lowest BCUT2D eigenvalue weighted by atomic mass is 10.3. The molecule has 1 fully saturated rings. The topological polar surface area (TPSA) is 17.1 Å². The van der Waals surface area contributed by atoms with Gasteiger partial charge in [0.25, 0.3) is 0 Å². The van der Waals surface area contributed by atoms with Gasteiger partial charge >= 0.3 is 0 Å². The number of hydrogen-bond acceptors (Lipinski definition) is 1. The van der Waals surface area contributed by atoms with E-state index >= 15 is 0 Å². The largest absolute Gasteiger partial charge is 0.327 e. The summed E-state index contributed by atoms with van der Waals surface area (Å²) in [5.41, 5.74) is 0.631. The van der Waals surface area contributed by atoms with Gasteiger partial charge in [-0.25, -0.2) is 0 Å². The summed E-state index contributed by atoms with van der Waals surface area (Å²) in [6, 6.07) is 0. The van der Waals surface area contributed by atoms with Gasteiger partial charge in [0, 0.05) is 5.66 Å². The maximum atomic E-state index is 11.7. The Bertz CT molecular complexity index is 139. The molecular formula is C10H21OP. The highest BCUT2D eigenvalue weighted by molar-refractivity contribution is 7.45. The van der Waals surface area contributed by atoms with E-state index in [-0.39, 0.29) is 0 Å². The molecule has 0 amide bonds. The monoisotopic (exact) mass is 188 g/mol. The molecule has 12 heavy (non-hydrogen) atoms. The zero-order chi connectivity index (χ0) is 8.81. The predicted molar refractivity (Wildman–Crippen MR) is 55.6 cm³/mol. The van der Waals surface area contributed by atoms with Crippen LogP contribution in [0.3, 0.4) is 0 Å². The molecule has 1 aliphatic rings. The fourth-order valence-electron chi connectivity index (χ4n) is 2.00. The number of hydrogen-bond donors (Lipinski definition) is 0. The van der Waals surface area contributed by atoms with Crippen molar-refractivity contribution in [3.63, 3.8) is 0 Å². The van der Waals surface area contributed by atoms with Gasteiger partial charge in [0.2, 0.25) is 0 Å². The van der Waals surface area contributed by atoms with E-state index < -0.39 is 7.80 Å². The van der Waals surface area contributed by atoms with Crippen molar-refractivity contribution >= 4 is 7.80 Å². The van der Waals surface area contributed by atoms with Crippen LogP contribution < -0.4 is 0 Å². The summed E-state index contributed by atoms with van der Waals surface area (Å²) in [7, 11) is -1.19. The van der Waals surface area contributed by atoms with E-state index in [0.29, 0.717) is 5.66 Å². The van der Waals surface area contributed by atoms with Gasteiger partial charge in [0.1, 0.15) is 0 Å². The third kappa shape index (κ3) is 3.31. The van der Waals surface area contributed by atoms with Gasteiger partial charge in [-0.2, -0.15) is 0 Å². The standard InChI is InChI=1S/C10H21OP/c1-2-3-6-9-12(11)10-7-4-5-8-10/h10,12H,2-9H2,1H3. The molecule has 0 N–H and O–H groups in total. The van der Waals surface area contributed by atoms with Gasteiger partial charge in [0.05, 0.1) is 7.80 Å². The van der Waals surface area contributed by atoms with E-state index in [2.05, 4.69) is 6.92 Å². The normalized spacial score (nSPS) is 21.4. The number of unbranched alkanes of at least 4 members (excludes halogenated alkanes) is 2. The first kappa shape index (κ1) is 10.3. The average molecular weight is 188 g/mol. The molecule has 0 bridgehead atoms. The fourth-order valence-corrected chi connectivity index (χ4v) is 4.06. The van der Waals surface area contributed by atoms with E-state index in [4.69, 9.17) is 0 Å². The van der Waals surface area contributed by atoms with Crippen molar-refractivity contribution in [2.75, 3.05) is 6.16 Å². The van der Waals surface area contributed by atoms with Gasteiger partial charge < -0.3 is 4.57 Å². The molecule has 1 atom stereocenters. The summed E-state index contributed by atoms with van der Waals surface area (Å²) < 4.78 is 11.7. The summed E-state index contributed by atoms with van der Waals surface area (Å²) >= 11 is 0. The summed E-state index contributed by atoms with van der Waals surface area (Å²) in [4.78, 5) is 0. The quantitative estimate of drug-likeness (QED) is 0.475. The lowest BCUT2D eigenvalue weighted by molar-refractivity contribution is 0.574. The van der Waals surface area contributed by atoms with Crippen LogP contribution in [0, 0.1) is 0 Å². The zero-order valence-corrected chi connectivity index (χ0v) is 9.14. The minimum Gasteiger partial charge on any atom is -0.327 e. The van der Waals surface area contributed by atoms with Crippen LogP contribution in [0.15, 0.2) is 0 Å². The van der Waals surface area contributed by atoms with Crippen molar-refractivity contribution in [2.45, 2.75) is 57.5 Å². The van der Waals surface area contributed by atoms with Gasteiger partial charge in [-0.3, -0.25) is 0 Å². The Morgan fingerprint density at radius 3 is 2.50 bits per heavy atom. The summed E-state index contributed by atoms with van der Waals surface area (Å²) in [5.74, 6) is 0. The Kier molecular flexibility index (Phi) is 4.99. The molecule has 0 aromatic carbocycles. The molecule has 72 valence electrons. The molecule has 1 saturated carbocycles. The van der Waals surface area contributed by atoms with E-state index in [1.165, 1.54) is 44.9 Å². The van der Waals surface area contributed by atoms with Crippen LogP contribution in [0.5, 0.6) is 0 Å². The number of rotatable bonds is 5. The van der Waals surface area contributed by atoms with E-state index in [1.807, 2.05) is 0 Å². The van der Waals surface area contributed by atoms with E-state index in [9.17, 15) is 4.57 Å². The van der Waals surface area contributed by atoms with Crippen LogP contribution in [0.1, 0.15) is 51.9 Å². The van der Waals surface area contributed by atoms with Gasteiger partial charge in [0.15, 0.2) is 0 Å². The highest BCUT2D eigenvalue weighted by Gasteiger charge is 2.20. The highest BCUT2D eigenvalue weighted by Crippen LogP contribution is 2.40. The SMILES string of the molecule is CCCCC[PH](=O)C1CCCC1.